The monoisotopic (exact) mass is 478 g/mol. The average molecular weight is 479 g/mol. The van der Waals surface area contributed by atoms with Crippen LogP contribution in [0.4, 0.5) is 0 Å². The summed E-state index contributed by atoms with van der Waals surface area (Å²) >= 11 is 0. The van der Waals surface area contributed by atoms with Crippen molar-refractivity contribution < 1.29 is 24.2 Å². The summed E-state index contributed by atoms with van der Waals surface area (Å²) in [5, 5.41) is 9.35. The smallest absolute Gasteiger partial charge is 0.385 e. The molecule has 0 aromatic rings. The van der Waals surface area contributed by atoms with Crippen LogP contribution in [0.15, 0.2) is 0 Å². The van der Waals surface area contributed by atoms with Crippen molar-refractivity contribution in [3.05, 3.63) is 0 Å². The fourth-order valence-electron chi connectivity index (χ4n) is 3.02. The zero-order valence-corrected chi connectivity index (χ0v) is 21.3. The molecule has 0 saturated carbocycles. The molecule has 1 N–H and O–H groups in total. The first kappa shape index (κ1) is 31.7. The lowest BCUT2D eigenvalue weighted by Crippen LogP contribution is -2.28. The number of unbranched alkanes of at least 4 members (excludes halogenated alkanes) is 11. The molecule has 0 spiro atoms. The lowest BCUT2D eigenvalue weighted by molar-refractivity contribution is -0.159. The number of hydrogen-bond acceptors (Lipinski definition) is 5. The highest BCUT2D eigenvalue weighted by molar-refractivity contribution is 5.89. The van der Waals surface area contributed by atoms with Gasteiger partial charge in [-0.15, -0.1) is 0 Å². The van der Waals surface area contributed by atoms with Gasteiger partial charge in [-0.05, 0) is 60.7 Å². The summed E-state index contributed by atoms with van der Waals surface area (Å²) in [5.74, 6) is 23.1. The molecule has 0 radical (unpaired) electrons. The number of esters is 2. The minimum Gasteiger partial charge on any atom is -0.456 e. The predicted octanol–water partition coefficient (Wildman–Crippen LogP) is 4.56. The molecular formula is C30H38O5. The van der Waals surface area contributed by atoms with E-state index >= 15 is 0 Å². The Morgan fingerprint density at radius 3 is 1.71 bits per heavy atom. The van der Waals surface area contributed by atoms with Crippen LogP contribution in [0, 0.1) is 59.2 Å². The van der Waals surface area contributed by atoms with Gasteiger partial charge in [0.15, 0.2) is 6.10 Å². The average Bonchev–Trinajstić information content (AvgIpc) is 2.86. The fourth-order valence-corrected chi connectivity index (χ4v) is 3.02. The maximum atomic E-state index is 11.9. The van der Waals surface area contributed by atoms with Gasteiger partial charge in [-0.25, -0.2) is 4.79 Å². The van der Waals surface area contributed by atoms with Crippen LogP contribution < -0.4 is 0 Å². The second kappa shape index (κ2) is 25.3. The SMILES string of the molecule is CC#CC#CC#CC#CC#CC(=O)OC[C@H](CO)OC(=O)CCCCCCCCCCCCCC. The van der Waals surface area contributed by atoms with E-state index in [0.29, 0.717) is 0 Å². The zero-order valence-electron chi connectivity index (χ0n) is 21.3. The van der Waals surface area contributed by atoms with Crippen molar-refractivity contribution >= 4 is 11.9 Å². The minimum atomic E-state index is -0.910. The number of rotatable bonds is 17. The van der Waals surface area contributed by atoms with E-state index in [1.165, 1.54) is 57.8 Å². The molecule has 35 heavy (non-hydrogen) atoms. The Kier molecular flexibility index (Phi) is 22.9. The summed E-state index contributed by atoms with van der Waals surface area (Å²) in [6.07, 6.45) is 14.0. The van der Waals surface area contributed by atoms with Crippen LogP contribution in [-0.2, 0) is 19.1 Å². The van der Waals surface area contributed by atoms with Crippen molar-refractivity contribution in [2.24, 2.45) is 0 Å². The van der Waals surface area contributed by atoms with E-state index in [0.717, 1.165) is 19.3 Å². The summed E-state index contributed by atoms with van der Waals surface area (Å²) in [6, 6.07) is 0. The van der Waals surface area contributed by atoms with Crippen LogP contribution in [0.2, 0.25) is 0 Å². The van der Waals surface area contributed by atoms with Crippen molar-refractivity contribution in [1.29, 1.82) is 0 Å². The molecule has 0 bridgehead atoms. The number of carbonyl (C=O) groups is 2. The van der Waals surface area contributed by atoms with Crippen molar-refractivity contribution in [2.75, 3.05) is 13.2 Å². The van der Waals surface area contributed by atoms with Gasteiger partial charge in [0, 0.05) is 12.3 Å². The third kappa shape index (κ3) is 23.6. The third-order valence-corrected chi connectivity index (χ3v) is 4.86. The molecule has 5 heteroatoms. The number of carbonyl (C=O) groups excluding carboxylic acids is 2. The molecule has 0 aliphatic rings. The van der Waals surface area contributed by atoms with E-state index in [4.69, 9.17) is 9.47 Å². The van der Waals surface area contributed by atoms with Crippen LogP contribution in [0.1, 0.15) is 97.3 Å². The van der Waals surface area contributed by atoms with Gasteiger partial charge in [-0.3, -0.25) is 4.79 Å². The Morgan fingerprint density at radius 1 is 0.714 bits per heavy atom. The van der Waals surface area contributed by atoms with Crippen molar-refractivity contribution in [3.8, 4) is 59.2 Å². The van der Waals surface area contributed by atoms with Gasteiger partial charge >= 0.3 is 11.9 Å². The van der Waals surface area contributed by atoms with E-state index < -0.39 is 24.6 Å². The summed E-state index contributed by atoms with van der Waals surface area (Å²) in [5.41, 5.74) is 0. The standard InChI is InChI=1S/C30H38O5/c1-3-5-7-9-11-13-14-15-17-19-21-23-25-30(33)35-28(26-31)27-34-29(32)24-22-20-18-16-12-10-8-6-4-2/h28,31H,3,5,7,9,11,13-15,17,19,21,23,25-27H2,1-2H3/t28-/m0/s1. The zero-order chi connectivity index (χ0) is 25.8. The number of ether oxygens (including phenoxy) is 2. The molecule has 0 unspecified atom stereocenters. The molecule has 0 fully saturated rings. The summed E-state index contributed by atoms with van der Waals surface area (Å²) in [4.78, 5) is 23.5. The van der Waals surface area contributed by atoms with Crippen LogP contribution in [0.3, 0.4) is 0 Å². The van der Waals surface area contributed by atoms with Crippen molar-refractivity contribution in [2.45, 2.75) is 103 Å². The van der Waals surface area contributed by atoms with Gasteiger partial charge in [-0.1, -0.05) is 83.5 Å². The fraction of sp³-hybridized carbons (Fsp3) is 0.600. The van der Waals surface area contributed by atoms with Crippen LogP contribution in [0.25, 0.3) is 0 Å². The van der Waals surface area contributed by atoms with Gasteiger partial charge in [0.1, 0.15) is 6.61 Å². The Balaban J connectivity index is 3.91. The molecular weight excluding hydrogens is 440 g/mol. The molecule has 0 rings (SSSR count). The lowest BCUT2D eigenvalue weighted by Gasteiger charge is -2.14. The normalized spacial score (nSPS) is 9.69. The first-order valence-electron chi connectivity index (χ1n) is 12.5. The Bertz CT molecular complexity index is 906. The maximum Gasteiger partial charge on any atom is 0.385 e. The van der Waals surface area contributed by atoms with Gasteiger partial charge in [0.25, 0.3) is 0 Å². The second-order valence-electron chi connectivity index (χ2n) is 7.91. The van der Waals surface area contributed by atoms with Crippen molar-refractivity contribution in [1.82, 2.24) is 0 Å². The Morgan fingerprint density at radius 2 is 1.20 bits per heavy atom. The molecule has 0 aliphatic heterocycles. The van der Waals surface area contributed by atoms with Crippen LogP contribution >= 0.6 is 0 Å². The molecule has 0 saturated heterocycles. The number of aliphatic hydroxyl groups excluding tert-OH is 1. The van der Waals surface area contributed by atoms with Gasteiger partial charge in [0.05, 0.1) is 6.61 Å². The first-order valence-corrected chi connectivity index (χ1v) is 12.5. The summed E-state index contributed by atoms with van der Waals surface area (Å²) in [6.45, 7) is 3.20. The summed E-state index contributed by atoms with van der Waals surface area (Å²) in [7, 11) is 0. The highest BCUT2D eigenvalue weighted by atomic mass is 16.6. The molecule has 188 valence electrons. The minimum absolute atomic E-state index is 0.268. The Hall–Kier alpha value is -3.30. The third-order valence-electron chi connectivity index (χ3n) is 4.86. The maximum absolute atomic E-state index is 11.9. The lowest BCUT2D eigenvalue weighted by atomic mass is 10.0. The highest BCUT2D eigenvalue weighted by Gasteiger charge is 2.15. The van der Waals surface area contributed by atoms with E-state index in [2.05, 4.69) is 66.1 Å². The van der Waals surface area contributed by atoms with E-state index in [1.54, 1.807) is 6.92 Å². The first-order chi connectivity index (χ1) is 17.1. The number of aliphatic hydroxyl groups is 1. The molecule has 1 atom stereocenters. The van der Waals surface area contributed by atoms with Gasteiger partial charge in [0.2, 0.25) is 0 Å². The van der Waals surface area contributed by atoms with Crippen LogP contribution in [-0.4, -0.2) is 36.4 Å². The molecule has 0 amide bonds. The van der Waals surface area contributed by atoms with E-state index in [-0.39, 0.29) is 13.0 Å². The van der Waals surface area contributed by atoms with E-state index in [1.807, 2.05) is 0 Å². The van der Waals surface area contributed by atoms with Crippen molar-refractivity contribution in [3.63, 3.8) is 0 Å². The molecule has 0 heterocycles. The second-order valence-corrected chi connectivity index (χ2v) is 7.91. The molecule has 5 nitrogen and oxygen atoms in total. The van der Waals surface area contributed by atoms with Gasteiger partial charge < -0.3 is 14.6 Å². The largest absolute Gasteiger partial charge is 0.456 e. The van der Waals surface area contributed by atoms with Gasteiger partial charge in [-0.2, -0.15) is 0 Å². The quantitative estimate of drug-likeness (QED) is 0.144. The van der Waals surface area contributed by atoms with Crippen LogP contribution in [0.5, 0.6) is 0 Å². The summed E-state index contributed by atoms with van der Waals surface area (Å²) < 4.78 is 10.1. The Labute approximate surface area is 212 Å². The molecule has 0 aliphatic carbocycles. The molecule has 0 aromatic carbocycles. The predicted molar refractivity (Wildman–Crippen MR) is 138 cm³/mol. The highest BCUT2D eigenvalue weighted by Crippen LogP contribution is 2.12. The topological polar surface area (TPSA) is 72.8 Å². The molecule has 0 aromatic heterocycles. The number of hydrogen-bond donors (Lipinski definition) is 1. The van der Waals surface area contributed by atoms with E-state index in [9.17, 15) is 14.7 Å².